The van der Waals surface area contributed by atoms with E-state index < -0.39 is 21.0 Å². The van der Waals surface area contributed by atoms with E-state index in [1.807, 2.05) is 6.92 Å². The molecule has 1 aromatic rings. The molecule has 0 aliphatic carbocycles. The molecule has 0 radical (unpaired) electrons. The number of carbonyl (C=O) groups is 1. The minimum Gasteiger partial charge on any atom is -0.324 e. The number of rotatable bonds is 0. The maximum absolute atomic E-state index is 11.9. The van der Waals surface area contributed by atoms with Crippen molar-refractivity contribution in [1.29, 1.82) is 0 Å². The van der Waals surface area contributed by atoms with Crippen LogP contribution >= 0.6 is 0 Å². The van der Waals surface area contributed by atoms with Crippen molar-refractivity contribution in [2.24, 2.45) is 0 Å². The molecule has 1 atom stereocenters. The first-order valence-electron chi connectivity index (χ1n) is 4.58. The van der Waals surface area contributed by atoms with E-state index >= 15 is 0 Å². The number of amides is 1. The summed E-state index contributed by atoms with van der Waals surface area (Å²) < 4.78 is 23.8. The Morgan fingerprint density at radius 3 is 2.67 bits per heavy atom. The molecule has 4 nitrogen and oxygen atoms in total. The third-order valence-corrected chi connectivity index (χ3v) is 4.63. The van der Waals surface area contributed by atoms with Crippen LogP contribution < -0.4 is 5.32 Å². The molecule has 1 N–H and O–H groups in total. The van der Waals surface area contributed by atoms with Gasteiger partial charge in [0.05, 0.1) is 10.6 Å². The normalized spacial score (nSPS) is 23.1. The molecule has 0 saturated heterocycles. The number of fused-ring (bicyclic) bond motifs is 1. The van der Waals surface area contributed by atoms with Gasteiger partial charge in [-0.05, 0) is 31.5 Å². The highest BCUT2D eigenvalue weighted by Crippen LogP contribution is 2.30. The summed E-state index contributed by atoms with van der Waals surface area (Å²) in [6, 6.07) is 4.97. The largest absolute Gasteiger partial charge is 0.324 e. The summed E-state index contributed by atoms with van der Waals surface area (Å²) >= 11 is 0. The van der Waals surface area contributed by atoms with Gasteiger partial charge < -0.3 is 5.32 Å². The number of aryl methyl sites for hydroxylation is 1. The van der Waals surface area contributed by atoms with Crippen LogP contribution in [-0.4, -0.2) is 19.6 Å². The second-order valence-electron chi connectivity index (χ2n) is 3.68. The van der Waals surface area contributed by atoms with E-state index in [2.05, 4.69) is 5.32 Å². The molecule has 0 spiro atoms. The molecule has 1 aromatic carbocycles. The maximum atomic E-state index is 11.9. The van der Waals surface area contributed by atoms with E-state index in [9.17, 15) is 13.2 Å². The molecule has 1 amide bonds. The monoisotopic (exact) mass is 225 g/mol. The lowest BCUT2D eigenvalue weighted by Gasteiger charge is -2.22. The summed E-state index contributed by atoms with van der Waals surface area (Å²) in [5, 5.41) is 1.57. The molecule has 1 aliphatic rings. The Morgan fingerprint density at radius 1 is 1.33 bits per heavy atom. The van der Waals surface area contributed by atoms with Crippen molar-refractivity contribution in [2.75, 3.05) is 5.32 Å². The number of hydrogen-bond acceptors (Lipinski definition) is 3. The van der Waals surface area contributed by atoms with Gasteiger partial charge in [-0.15, -0.1) is 0 Å². The highest BCUT2D eigenvalue weighted by atomic mass is 32.2. The zero-order valence-electron chi connectivity index (χ0n) is 8.44. The summed E-state index contributed by atoms with van der Waals surface area (Å²) in [5.41, 5.74) is 1.24. The zero-order chi connectivity index (χ0) is 11.2. The van der Waals surface area contributed by atoms with Gasteiger partial charge in [0.25, 0.3) is 0 Å². The molecular weight excluding hydrogens is 214 g/mol. The van der Waals surface area contributed by atoms with Gasteiger partial charge in [-0.3, -0.25) is 4.79 Å². The SMILES string of the molecule is Cc1ccc2c(c1)S(=O)(=O)C(C)C(=O)N2. The van der Waals surface area contributed by atoms with E-state index in [1.54, 1.807) is 18.2 Å². The predicted octanol–water partition coefficient (Wildman–Crippen LogP) is 1.11. The van der Waals surface area contributed by atoms with Crippen molar-refractivity contribution < 1.29 is 13.2 Å². The van der Waals surface area contributed by atoms with Crippen molar-refractivity contribution in [1.82, 2.24) is 0 Å². The van der Waals surface area contributed by atoms with E-state index in [4.69, 9.17) is 0 Å². The highest BCUT2D eigenvalue weighted by molar-refractivity contribution is 7.93. The molecule has 0 aromatic heterocycles. The lowest BCUT2D eigenvalue weighted by Crippen LogP contribution is -2.37. The standard InChI is InChI=1S/C10H11NO3S/c1-6-3-4-8-9(5-6)15(13,14)7(2)10(12)11-8/h3-5,7H,1-2H3,(H,11,12). The Morgan fingerprint density at radius 2 is 2.00 bits per heavy atom. The fourth-order valence-electron chi connectivity index (χ4n) is 1.53. The Kier molecular flexibility index (Phi) is 2.08. The van der Waals surface area contributed by atoms with Gasteiger partial charge in [0.1, 0.15) is 5.25 Å². The molecule has 0 bridgehead atoms. The molecular formula is C10H11NO3S. The van der Waals surface area contributed by atoms with E-state index in [0.29, 0.717) is 5.69 Å². The third kappa shape index (κ3) is 1.43. The van der Waals surface area contributed by atoms with Crippen LogP contribution in [0, 0.1) is 6.92 Å². The third-order valence-electron chi connectivity index (χ3n) is 2.54. The van der Waals surface area contributed by atoms with Gasteiger partial charge in [0.15, 0.2) is 9.84 Å². The summed E-state index contributed by atoms with van der Waals surface area (Å²) in [6.07, 6.45) is 0. The van der Waals surface area contributed by atoms with Crippen LogP contribution in [0.1, 0.15) is 12.5 Å². The molecule has 15 heavy (non-hydrogen) atoms. The predicted molar refractivity (Wildman–Crippen MR) is 56.5 cm³/mol. The topological polar surface area (TPSA) is 63.2 Å². The summed E-state index contributed by atoms with van der Waals surface area (Å²) in [7, 11) is -3.50. The fourth-order valence-corrected chi connectivity index (χ4v) is 3.03. The van der Waals surface area contributed by atoms with Gasteiger partial charge in [0.2, 0.25) is 5.91 Å². The van der Waals surface area contributed by atoms with Gasteiger partial charge >= 0.3 is 0 Å². The first kappa shape index (κ1) is 10.2. The Hall–Kier alpha value is -1.36. The van der Waals surface area contributed by atoms with Crippen LogP contribution in [0.4, 0.5) is 5.69 Å². The average Bonchev–Trinajstić information content (AvgIpc) is 2.17. The second kappa shape index (κ2) is 3.06. The quantitative estimate of drug-likeness (QED) is 0.719. The van der Waals surface area contributed by atoms with Crippen molar-refractivity contribution in [3.05, 3.63) is 23.8 Å². The number of sulfone groups is 1. The van der Waals surface area contributed by atoms with Crippen LogP contribution in [0.15, 0.2) is 23.1 Å². The van der Waals surface area contributed by atoms with E-state index in [1.165, 1.54) is 6.92 Å². The van der Waals surface area contributed by atoms with Crippen LogP contribution in [0.25, 0.3) is 0 Å². The first-order valence-corrected chi connectivity index (χ1v) is 6.13. The van der Waals surface area contributed by atoms with Crippen LogP contribution in [0.5, 0.6) is 0 Å². The zero-order valence-corrected chi connectivity index (χ0v) is 9.26. The number of carbonyl (C=O) groups excluding carboxylic acids is 1. The second-order valence-corrected chi connectivity index (χ2v) is 5.91. The molecule has 1 aliphatic heterocycles. The summed E-state index contributed by atoms with van der Waals surface area (Å²) in [6.45, 7) is 3.22. The molecule has 2 rings (SSSR count). The number of hydrogen-bond donors (Lipinski definition) is 1. The Labute approximate surface area is 88.2 Å². The Balaban J connectivity index is 2.73. The maximum Gasteiger partial charge on any atom is 0.242 e. The molecule has 80 valence electrons. The number of nitrogens with one attached hydrogen (secondary N) is 1. The lowest BCUT2D eigenvalue weighted by atomic mass is 10.2. The van der Waals surface area contributed by atoms with Gasteiger partial charge in [-0.1, -0.05) is 6.07 Å². The van der Waals surface area contributed by atoms with Crippen molar-refractivity contribution in [3.63, 3.8) is 0 Å². The molecule has 1 heterocycles. The van der Waals surface area contributed by atoms with E-state index in [-0.39, 0.29) is 4.90 Å². The van der Waals surface area contributed by atoms with Crippen LogP contribution in [0.3, 0.4) is 0 Å². The molecule has 0 saturated carbocycles. The summed E-state index contributed by atoms with van der Waals surface area (Å²) in [5.74, 6) is -0.466. The van der Waals surface area contributed by atoms with Crippen LogP contribution in [-0.2, 0) is 14.6 Å². The molecule has 0 fully saturated rings. The van der Waals surface area contributed by atoms with Crippen molar-refractivity contribution in [3.8, 4) is 0 Å². The Bertz CT molecular complexity index is 534. The minimum absolute atomic E-state index is 0.217. The smallest absolute Gasteiger partial charge is 0.242 e. The fraction of sp³-hybridized carbons (Fsp3) is 0.300. The van der Waals surface area contributed by atoms with E-state index in [0.717, 1.165) is 5.56 Å². The summed E-state index contributed by atoms with van der Waals surface area (Å²) in [4.78, 5) is 11.6. The average molecular weight is 225 g/mol. The van der Waals surface area contributed by atoms with Gasteiger partial charge in [0, 0.05) is 0 Å². The minimum atomic E-state index is -3.50. The van der Waals surface area contributed by atoms with Crippen molar-refractivity contribution in [2.45, 2.75) is 24.0 Å². The molecule has 1 unspecified atom stereocenters. The number of anilines is 1. The lowest BCUT2D eigenvalue weighted by molar-refractivity contribution is -0.115. The van der Waals surface area contributed by atoms with Crippen LogP contribution in [0.2, 0.25) is 0 Å². The van der Waals surface area contributed by atoms with Gasteiger partial charge in [-0.2, -0.15) is 0 Å². The number of benzene rings is 1. The molecule has 5 heteroatoms. The van der Waals surface area contributed by atoms with Crippen molar-refractivity contribution >= 4 is 21.4 Å². The highest BCUT2D eigenvalue weighted by Gasteiger charge is 2.36. The first-order chi connectivity index (χ1) is 6.93. The van der Waals surface area contributed by atoms with Gasteiger partial charge in [-0.25, -0.2) is 8.42 Å².